The molecule has 0 aliphatic carbocycles. The number of fused-ring (bicyclic) bond motifs is 1. The Bertz CT molecular complexity index is 1020. The molecule has 2 heterocycles. The van der Waals surface area contributed by atoms with E-state index in [1.165, 1.54) is 12.3 Å². The van der Waals surface area contributed by atoms with Gasteiger partial charge in [-0.05, 0) is 36.4 Å². The van der Waals surface area contributed by atoms with Gasteiger partial charge in [0.2, 0.25) is 6.79 Å². The molecule has 4 rings (SSSR count). The second kappa shape index (κ2) is 6.96. The first-order chi connectivity index (χ1) is 13.0. The third-order valence-corrected chi connectivity index (χ3v) is 4.62. The Labute approximate surface area is 161 Å². The summed E-state index contributed by atoms with van der Waals surface area (Å²) in [6.45, 7) is 0.168. The normalized spacial score (nSPS) is 12.1. The van der Waals surface area contributed by atoms with Gasteiger partial charge in [0.15, 0.2) is 11.5 Å². The van der Waals surface area contributed by atoms with E-state index >= 15 is 0 Å². The average molecular weight is 433 g/mol. The molecule has 0 radical (unpaired) electrons. The lowest BCUT2D eigenvalue weighted by molar-refractivity contribution is 0.101. The monoisotopic (exact) mass is 432 g/mol. The standard InChI is InChI=1S/C19H11BrF2N2O3/c20-12-7-16-15(26-9-27-16)6-11(12)10-4-5-17(23-8-10)24-19(25)18-13(21)2-1-3-14(18)22/h1-8H,9H2,(H,23,24,25). The summed E-state index contributed by atoms with van der Waals surface area (Å²) < 4.78 is 38.9. The van der Waals surface area contributed by atoms with Gasteiger partial charge in [-0.15, -0.1) is 0 Å². The van der Waals surface area contributed by atoms with E-state index in [2.05, 4.69) is 26.2 Å². The average Bonchev–Trinajstić information content (AvgIpc) is 3.09. The molecule has 0 atom stereocenters. The number of aromatic nitrogens is 1. The first-order valence-electron chi connectivity index (χ1n) is 7.84. The summed E-state index contributed by atoms with van der Waals surface area (Å²) in [6.07, 6.45) is 1.54. The summed E-state index contributed by atoms with van der Waals surface area (Å²) in [7, 11) is 0. The van der Waals surface area contributed by atoms with Crippen LogP contribution in [0.5, 0.6) is 11.5 Å². The van der Waals surface area contributed by atoms with Crippen LogP contribution in [0.15, 0.2) is 53.1 Å². The molecule has 8 heteroatoms. The zero-order valence-electron chi connectivity index (χ0n) is 13.6. The van der Waals surface area contributed by atoms with E-state index in [1.807, 2.05) is 6.07 Å². The number of halogens is 3. The molecular weight excluding hydrogens is 422 g/mol. The first kappa shape index (κ1) is 17.4. The van der Waals surface area contributed by atoms with Crippen LogP contribution in [0.25, 0.3) is 11.1 Å². The highest BCUT2D eigenvalue weighted by molar-refractivity contribution is 9.10. The summed E-state index contributed by atoms with van der Waals surface area (Å²) >= 11 is 3.48. The number of ether oxygens (including phenoxy) is 2. The minimum absolute atomic E-state index is 0.168. The number of benzene rings is 2. The van der Waals surface area contributed by atoms with E-state index in [9.17, 15) is 13.6 Å². The fraction of sp³-hybridized carbons (Fsp3) is 0.0526. The molecule has 5 nitrogen and oxygen atoms in total. The zero-order valence-corrected chi connectivity index (χ0v) is 15.2. The lowest BCUT2D eigenvalue weighted by Gasteiger charge is -2.09. The maximum Gasteiger partial charge on any atom is 0.262 e. The van der Waals surface area contributed by atoms with Gasteiger partial charge < -0.3 is 14.8 Å². The molecule has 0 bridgehead atoms. The van der Waals surface area contributed by atoms with Crippen molar-refractivity contribution in [3.63, 3.8) is 0 Å². The van der Waals surface area contributed by atoms with Gasteiger partial charge in [0.1, 0.15) is 23.0 Å². The predicted octanol–water partition coefficient (Wildman–Crippen LogP) is 4.77. The number of amides is 1. The summed E-state index contributed by atoms with van der Waals surface area (Å²) in [5.41, 5.74) is 0.932. The number of hydrogen-bond acceptors (Lipinski definition) is 4. The van der Waals surface area contributed by atoms with E-state index < -0.39 is 23.1 Å². The van der Waals surface area contributed by atoms with Crippen molar-refractivity contribution in [2.75, 3.05) is 12.1 Å². The Hall–Kier alpha value is -3.00. The zero-order chi connectivity index (χ0) is 19.0. The Morgan fingerprint density at radius 2 is 1.78 bits per heavy atom. The Kier molecular flexibility index (Phi) is 4.49. The highest BCUT2D eigenvalue weighted by Gasteiger charge is 2.19. The lowest BCUT2D eigenvalue weighted by atomic mass is 10.1. The Morgan fingerprint density at radius 3 is 2.44 bits per heavy atom. The third kappa shape index (κ3) is 3.35. The van der Waals surface area contributed by atoms with E-state index in [-0.39, 0.29) is 12.6 Å². The van der Waals surface area contributed by atoms with E-state index in [0.717, 1.165) is 27.7 Å². The van der Waals surface area contributed by atoms with Gasteiger partial charge in [-0.25, -0.2) is 13.8 Å². The van der Waals surface area contributed by atoms with Gasteiger partial charge in [-0.3, -0.25) is 4.79 Å². The number of carbonyl (C=O) groups excluding carboxylic acids is 1. The summed E-state index contributed by atoms with van der Waals surface area (Å²) in [6, 6.07) is 10.1. The molecule has 1 aromatic heterocycles. The molecule has 3 aromatic rings. The second-order valence-electron chi connectivity index (χ2n) is 5.67. The number of nitrogens with zero attached hydrogens (tertiary/aromatic N) is 1. The Morgan fingerprint density at radius 1 is 1.07 bits per heavy atom. The van der Waals surface area contributed by atoms with Crippen LogP contribution in [0.1, 0.15) is 10.4 Å². The molecule has 0 saturated carbocycles. The molecule has 2 aromatic carbocycles. The number of carbonyl (C=O) groups is 1. The molecule has 0 spiro atoms. The highest BCUT2D eigenvalue weighted by atomic mass is 79.9. The number of anilines is 1. The van der Waals surface area contributed by atoms with Gasteiger partial charge in [0.25, 0.3) is 5.91 Å². The fourth-order valence-electron chi connectivity index (χ4n) is 2.66. The molecule has 0 unspecified atom stereocenters. The molecule has 0 fully saturated rings. The fourth-order valence-corrected chi connectivity index (χ4v) is 3.21. The van der Waals surface area contributed by atoms with Gasteiger partial charge in [0.05, 0.1) is 0 Å². The minimum Gasteiger partial charge on any atom is -0.454 e. The van der Waals surface area contributed by atoms with Gasteiger partial charge in [-0.2, -0.15) is 0 Å². The molecule has 0 saturated heterocycles. The van der Waals surface area contributed by atoms with Gasteiger partial charge >= 0.3 is 0 Å². The quantitative estimate of drug-likeness (QED) is 0.647. The van der Waals surface area contributed by atoms with Crippen LogP contribution in [-0.2, 0) is 0 Å². The van der Waals surface area contributed by atoms with Gasteiger partial charge in [0, 0.05) is 21.8 Å². The van der Waals surface area contributed by atoms with Crippen LogP contribution in [0.2, 0.25) is 0 Å². The summed E-state index contributed by atoms with van der Waals surface area (Å²) in [5, 5.41) is 2.39. The molecule has 1 aliphatic rings. The molecule has 27 heavy (non-hydrogen) atoms. The smallest absolute Gasteiger partial charge is 0.262 e. The lowest BCUT2D eigenvalue weighted by Crippen LogP contribution is -2.16. The summed E-state index contributed by atoms with van der Waals surface area (Å²) in [4.78, 5) is 16.3. The first-order valence-corrected chi connectivity index (χ1v) is 8.63. The van der Waals surface area contributed by atoms with Crippen LogP contribution < -0.4 is 14.8 Å². The molecule has 1 aliphatic heterocycles. The predicted molar refractivity (Wildman–Crippen MR) is 97.8 cm³/mol. The second-order valence-corrected chi connectivity index (χ2v) is 6.52. The van der Waals surface area contributed by atoms with Crippen LogP contribution in [0.4, 0.5) is 14.6 Å². The van der Waals surface area contributed by atoms with Crippen LogP contribution in [0.3, 0.4) is 0 Å². The Balaban J connectivity index is 1.57. The van der Waals surface area contributed by atoms with Crippen molar-refractivity contribution in [1.82, 2.24) is 4.98 Å². The number of rotatable bonds is 3. The van der Waals surface area contributed by atoms with Crippen molar-refractivity contribution < 1.29 is 23.0 Å². The highest BCUT2D eigenvalue weighted by Crippen LogP contribution is 2.40. The van der Waals surface area contributed by atoms with Crippen molar-refractivity contribution in [2.45, 2.75) is 0 Å². The van der Waals surface area contributed by atoms with Crippen molar-refractivity contribution in [3.8, 4) is 22.6 Å². The maximum absolute atomic E-state index is 13.7. The van der Waals surface area contributed by atoms with Crippen LogP contribution in [-0.4, -0.2) is 17.7 Å². The molecular formula is C19H11BrF2N2O3. The largest absolute Gasteiger partial charge is 0.454 e. The molecule has 1 amide bonds. The minimum atomic E-state index is -0.937. The van der Waals surface area contributed by atoms with Gasteiger partial charge in [-0.1, -0.05) is 22.0 Å². The third-order valence-electron chi connectivity index (χ3n) is 3.97. The molecule has 136 valence electrons. The van der Waals surface area contributed by atoms with Crippen LogP contribution in [0, 0.1) is 11.6 Å². The summed E-state index contributed by atoms with van der Waals surface area (Å²) in [5.74, 6) is -1.34. The number of hydrogen-bond donors (Lipinski definition) is 1. The van der Waals surface area contributed by atoms with Crippen LogP contribution >= 0.6 is 15.9 Å². The van der Waals surface area contributed by atoms with Crippen molar-refractivity contribution >= 4 is 27.7 Å². The van der Waals surface area contributed by atoms with E-state index in [0.29, 0.717) is 11.5 Å². The van der Waals surface area contributed by atoms with Crippen molar-refractivity contribution in [1.29, 1.82) is 0 Å². The maximum atomic E-state index is 13.7. The van der Waals surface area contributed by atoms with Crippen molar-refractivity contribution in [3.05, 3.63) is 70.3 Å². The molecule has 1 N–H and O–H groups in total. The number of nitrogens with one attached hydrogen (secondary N) is 1. The van der Waals surface area contributed by atoms with E-state index in [1.54, 1.807) is 18.2 Å². The number of pyridine rings is 1. The SMILES string of the molecule is O=C(Nc1ccc(-c2cc3c(cc2Br)OCO3)cn1)c1c(F)cccc1F. The van der Waals surface area contributed by atoms with E-state index in [4.69, 9.17) is 9.47 Å². The topological polar surface area (TPSA) is 60.5 Å². The van der Waals surface area contributed by atoms with Crippen molar-refractivity contribution in [2.24, 2.45) is 0 Å².